The van der Waals surface area contributed by atoms with Gasteiger partial charge in [0.1, 0.15) is 0 Å². The summed E-state index contributed by atoms with van der Waals surface area (Å²) in [6.45, 7) is 6.48. The van der Waals surface area contributed by atoms with Crippen molar-refractivity contribution in [2.75, 3.05) is 19.8 Å². The third kappa shape index (κ3) is 3.70. The second kappa shape index (κ2) is 7.36. The maximum Gasteiger partial charge on any atom is 0.320 e. The average Bonchev–Trinajstić information content (AvgIpc) is 2.83. The van der Waals surface area contributed by atoms with Crippen LogP contribution in [0.15, 0.2) is 0 Å². The molecule has 1 heterocycles. The molecule has 0 bridgehead atoms. The minimum Gasteiger partial charge on any atom is -0.465 e. The van der Waals surface area contributed by atoms with Gasteiger partial charge in [-0.05, 0) is 26.7 Å². The lowest BCUT2D eigenvalue weighted by molar-refractivity contribution is -0.166. The fourth-order valence-electron chi connectivity index (χ4n) is 2.22. The molecule has 0 amide bonds. The smallest absolute Gasteiger partial charge is 0.320 e. The first-order valence-electron chi connectivity index (χ1n) is 6.56. The molecule has 1 rings (SSSR count). The van der Waals surface area contributed by atoms with E-state index in [-0.39, 0.29) is 25.2 Å². The molecule has 1 aliphatic heterocycles. The molecule has 2 atom stereocenters. The average molecular weight is 258 g/mol. The fourth-order valence-corrected chi connectivity index (χ4v) is 2.22. The first kappa shape index (κ1) is 15.0. The van der Waals surface area contributed by atoms with Gasteiger partial charge in [-0.25, -0.2) is 0 Å². The van der Waals surface area contributed by atoms with Crippen molar-refractivity contribution in [3.8, 4) is 0 Å². The van der Waals surface area contributed by atoms with Gasteiger partial charge >= 0.3 is 11.9 Å². The summed E-state index contributed by atoms with van der Waals surface area (Å²) in [4.78, 5) is 23.8. The van der Waals surface area contributed by atoms with Crippen LogP contribution in [0, 0.1) is 11.8 Å². The van der Waals surface area contributed by atoms with Crippen LogP contribution in [0.1, 0.15) is 33.6 Å². The van der Waals surface area contributed by atoms with Crippen LogP contribution in [-0.2, 0) is 23.8 Å². The molecule has 5 nitrogen and oxygen atoms in total. The molecule has 1 saturated heterocycles. The van der Waals surface area contributed by atoms with Crippen molar-refractivity contribution in [3.63, 3.8) is 0 Å². The van der Waals surface area contributed by atoms with Gasteiger partial charge in [-0.1, -0.05) is 6.92 Å². The summed E-state index contributed by atoms with van der Waals surface area (Å²) < 4.78 is 15.5. The van der Waals surface area contributed by atoms with E-state index in [1.54, 1.807) is 13.8 Å². The van der Waals surface area contributed by atoms with Crippen molar-refractivity contribution >= 4 is 11.9 Å². The van der Waals surface area contributed by atoms with Crippen molar-refractivity contribution in [3.05, 3.63) is 0 Å². The maximum atomic E-state index is 11.9. The van der Waals surface area contributed by atoms with Crippen LogP contribution in [0.2, 0.25) is 0 Å². The lowest BCUT2D eigenvalue weighted by atomic mass is 9.88. The summed E-state index contributed by atoms with van der Waals surface area (Å²) >= 11 is 0. The molecule has 5 heteroatoms. The second-order valence-corrected chi connectivity index (χ2v) is 4.39. The molecule has 104 valence electrons. The van der Waals surface area contributed by atoms with E-state index in [9.17, 15) is 9.59 Å². The SMILES string of the molecule is CCOC(=O)C(C(=O)OCC)[C@@H](C)[C@@H]1CCCO1. The lowest BCUT2D eigenvalue weighted by Gasteiger charge is -2.25. The molecule has 18 heavy (non-hydrogen) atoms. The Bertz CT molecular complexity index is 265. The van der Waals surface area contributed by atoms with Crippen molar-refractivity contribution in [1.82, 2.24) is 0 Å². The highest BCUT2D eigenvalue weighted by Crippen LogP contribution is 2.27. The van der Waals surface area contributed by atoms with E-state index >= 15 is 0 Å². The van der Waals surface area contributed by atoms with Crippen LogP contribution in [0.25, 0.3) is 0 Å². The monoisotopic (exact) mass is 258 g/mol. The van der Waals surface area contributed by atoms with E-state index in [4.69, 9.17) is 14.2 Å². The largest absolute Gasteiger partial charge is 0.465 e. The summed E-state index contributed by atoms with van der Waals surface area (Å²) in [5.41, 5.74) is 0. The molecule has 0 aliphatic carbocycles. The number of ether oxygens (including phenoxy) is 3. The molecule has 1 fully saturated rings. The molecule has 0 aromatic rings. The first-order valence-corrected chi connectivity index (χ1v) is 6.56. The summed E-state index contributed by atoms with van der Waals surface area (Å²) in [6, 6.07) is 0. The van der Waals surface area contributed by atoms with Gasteiger partial charge in [0.2, 0.25) is 0 Å². The van der Waals surface area contributed by atoms with Gasteiger partial charge in [0.05, 0.1) is 19.3 Å². The number of carbonyl (C=O) groups is 2. The van der Waals surface area contributed by atoms with E-state index in [0.29, 0.717) is 6.61 Å². The van der Waals surface area contributed by atoms with E-state index in [0.717, 1.165) is 12.8 Å². The van der Waals surface area contributed by atoms with Crippen LogP contribution in [0.4, 0.5) is 0 Å². The second-order valence-electron chi connectivity index (χ2n) is 4.39. The van der Waals surface area contributed by atoms with Crippen LogP contribution >= 0.6 is 0 Å². The van der Waals surface area contributed by atoms with Crippen molar-refractivity contribution in [1.29, 1.82) is 0 Å². The van der Waals surface area contributed by atoms with Crippen LogP contribution in [-0.4, -0.2) is 37.9 Å². The Morgan fingerprint density at radius 2 is 1.78 bits per heavy atom. The topological polar surface area (TPSA) is 61.8 Å². The van der Waals surface area contributed by atoms with Gasteiger partial charge in [0.25, 0.3) is 0 Å². The van der Waals surface area contributed by atoms with E-state index in [1.165, 1.54) is 0 Å². The normalized spacial score (nSPS) is 20.8. The van der Waals surface area contributed by atoms with Crippen LogP contribution in [0.3, 0.4) is 0 Å². The minimum absolute atomic E-state index is 0.0659. The summed E-state index contributed by atoms with van der Waals surface area (Å²) in [6.07, 6.45) is 1.77. The molecule has 0 aromatic heterocycles. The molecule has 0 N–H and O–H groups in total. The van der Waals surface area contributed by atoms with Crippen molar-refractivity contribution < 1.29 is 23.8 Å². The van der Waals surface area contributed by atoms with Gasteiger partial charge < -0.3 is 14.2 Å². The van der Waals surface area contributed by atoms with E-state index < -0.39 is 17.9 Å². The van der Waals surface area contributed by atoms with Gasteiger partial charge in [0.15, 0.2) is 5.92 Å². The molecule has 0 unspecified atom stereocenters. The molecule has 0 spiro atoms. The van der Waals surface area contributed by atoms with Crippen LogP contribution < -0.4 is 0 Å². The third-order valence-corrected chi connectivity index (χ3v) is 3.16. The zero-order valence-corrected chi connectivity index (χ0v) is 11.3. The number of hydrogen-bond donors (Lipinski definition) is 0. The lowest BCUT2D eigenvalue weighted by Crippen LogP contribution is -2.38. The van der Waals surface area contributed by atoms with E-state index in [2.05, 4.69) is 0 Å². The van der Waals surface area contributed by atoms with Crippen molar-refractivity contribution in [2.24, 2.45) is 11.8 Å². The van der Waals surface area contributed by atoms with Gasteiger partial charge in [-0.2, -0.15) is 0 Å². The zero-order valence-electron chi connectivity index (χ0n) is 11.3. The number of carbonyl (C=O) groups excluding carboxylic acids is 2. The molecular weight excluding hydrogens is 236 g/mol. The van der Waals surface area contributed by atoms with E-state index in [1.807, 2.05) is 6.92 Å². The Kier molecular flexibility index (Phi) is 6.12. The zero-order chi connectivity index (χ0) is 13.5. The standard InChI is InChI=1S/C13H22O5/c1-4-16-12(14)11(13(15)17-5-2)9(3)10-7-6-8-18-10/h9-11H,4-8H2,1-3H3/t9-,10-/m0/s1. The minimum atomic E-state index is -0.881. The highest BCUT2D eigenvalue weighted by molar-refractivity contribution is 5.95. The Morgan fingerprint density at radius 3 is 2.17 bits per heavy atom. The van der Waals surface area contributed by atoms with Gasteiger partial charge in [-0.3, -0.25) is 9.59 Å². The van der Waals surface area contributed by atoms with Crippen LogP contribution in [0.5, 0.6) is 0 Å². The number of hydrogen-bond acceptors (Lipinski definition) is 5. The summed E-state index contributed by atoms with van der Waals surface area (Å²) in [5, 5.41) is 0. The predicted octanol–water partition coefficient (Wildman–Crippen LogP) is 1.54. The molecular formula is C13H22O5. The maximum absolute atomic E-state index is 11.9. The molecule has 1 aliphatic rings. The van der Waals surface area contributed by atoms with Crippen molar-refractivity contribution in [2.45, 2.75) is 39.7 Å². The van der Waals surface area contributed by atoms with Gasteiger partial charge in [-0.15, -0.1) is 0 Å². The molecule has 0 aromatic carbocycles. The Morgan fingerprint density at radius 1 is 1.22 bits per heavy atom. The third-order valence-electron chi connectivity index (χ3n) is 3.16. The highest BCUT2D eigenvalue weighted by atomic mass is 16.6. The summed E-state index contributed by atoms with van der Waals surface area (Å²) in [7, 11) is 0. The Labute approximate surface area is 108 Å². The Balaban J connectivity index is 2.74. The fraction of sp³-hybridized carbons (Fsp3) is 0.846. The summed E-state index contributed by atoms with van der Waals surface area (Å²) in [5.74, 6) is -2.13. The number of rotatable bonds is 6. The predicted molar refractivity (Wildman–Crippen MR) is 64.9 cm³/mol. The number of esters is 2. The van der Waals surface area contributed by atoms with Gasteiger partial charge in [0, 0.05) is 12.5 Å². The quantitative estimate of drug-likeness (QED) is 0.534. The molecule has 0 saturated carbocycles. The highest BCUT2D eigenvalue weighted by Gasteiger charge is 2.40. The first-order chi connectivity index (χ1) is 8.61. The Hall–Kier alpha value is -1.10. The molecule has 0 radical (unpaired) electrons.